The van der Waals surface area contributed by atoms with E-state index in [2.05, 4.69) is 15.7 Å². The molecule has 0 aliphatic heterocycles. The van der Waals surface area contributed by atoms with Crippen molar-refractivity contribution in [3.63, 3.8) is 0 Å². The van der Waals surface area contributed by atoms with Gasteiger partial charge in [-0.2, -0.15) is 0 Å². The van der Waals surface area contributed by atoms with Crippen LogP contribution in [0.2, 0.25) is 0 Å². The molecule has 17 N–H and O–H groups in total. The summed E-state index contributed by atoms with van der Waals surface area (Å²) in [5.74, 6) is -6.36. The minimum Gasteiger partial charge on any atom is -0.481 e. The van der Waals surface area contributed by atoms with E-state index in [0.717, 1.165) is 32.9 Å². The molecule has 0 unspecified atom stereocenters. The van der Waals surface area contributed by atoms with Gasteiger partial charge < -0.3 is 64.2 Å². The van der Waals surface area contributed by atoms with Gasteiger partial charge in [0.1, 0.15) is 24.2 Å². The first-order valence-electron chi connectivity index (χ1n) is 14.0. The zero-order valence-corrected chi connectivity index (χ0v) is 25.5. The number of primary amides is 1. The number of amides is 1. The number of nitrogens with one attached hydrogen (secondary N) is 2. The number of nitrogens with two attached hydrogens (primary N) is 5. The van der Waals surface area contributed by atoms with E-state index in [9.17, 15) is 28.8 Å². The van der Waals surface area contributed by atoms with E-state index in [4.69, 9.17) is 48.5 Å². The van der Waals surface area contributed by atoms with E-state index < -0.39 is 66.3 Å². The maximum atomic E-state index is 10.6. The number of hydrogen-bond acceptors (Lipinski definition) is 10. The molecule has 260 valence electrons. The standard InChI is InChI=1S/2C11H12N2O2.C4H8N2O3.C4H7NO4/c2*12-9(11(14)15)5-7-6-13-10-4-2-1-3-8(7)10;2*5-2(4(8)9)1-3(6)7/h2*1-4,6,9,13H,5,12H2,(H,14,15);2H,1,5H2,(H2,6,7)(H,8,9);2H,1,5H2,(H,6,7)(H,8,9)/t2*9-;2*2-/m0000/s1. The summed E-state index contributed by atoms with van der Waals surface area (Å²) in [5.41, 5.74) is 29.3. The zero-order chi connectivity index (χ0) is 36.6. The van der Waals surface area contributed by atoms with E-state index in [0.29, 0.717) is 12.8 Å². The number of aromatic amines is 2. The van der Waals surface area contributed by atoms with Crippen molar-refractivity contribution >= 4 is 57.6 Å². The van der Waals surface area contributed by atoms with E-state index in [1.54, 1.807) is 0 Å². The van der Waals surface area contributed by atoms with Crippen LogP contribution in [-0.2, 0) is 41.6 Å². The average molecular weight is 674 g/mol. The van der Waals surface area contributed by atoms with Crippen molar-refractivity contribution in [1.82, 2.24) is 9.97 Å². The molecular weight excluding hydrogens is 634 g/mol. The van der Waals surface area contributed by atoms with Crippen molar-refractivity contribution in [2.45, 2.75) is 49.9 Å². The number of para-hydroxylation sites is 2. The second-order valence-electron chi connectivity index (χ2n) is 10.2. The molecule has 2 aromatic carbocycles. The molecule has 2 heterocycles. The van der Waals surface area contributed by atoms with Gasteiger partial charge in [-0.3, -0.25) is 28.8 Å². The number of aliphatic carboxylic acids is 5. The van der Waals surface area contributed by atoms with Crippen LogP contribution in [0.25, 0.3) is 21.8 Å². The van der Waals surface area contributed by atoms with Gasteiger partial charge >= 0.3 is 29.8 Å². The largest absolute Gasteiger partial charge is 0.481 e. The number of carboxylic acid groups (broad SMARTS) is 5. The molecule has 1 amide bonds. The fourth-order valence-electron chi connectivity index (χ4n) is 3.83. The lowest BCUT2D eigenvalue weighted by molar-refractivity contribution is -0.144. The Morgan fingerprint density at radius 2 is 0.875 bits per heavy atom. The number of rotatable bonds is 12. The Labute approximate surface area is 272 Å². The van der Waals surface area contributed by atoms with Crippen LogP contribution < -0.4 is 28.7 Å². The Hall–Kier alpha value is -5.82. The first kappa shape index (κ1) is 40.2. The summed E-state index contributed by atoms with van der Waals surface area (Å²) >= 11 is 0. The third kappa shape index (κ3) is 14.1. The van der Waals surface area contributed by atoms with Crippen molar-refractivity contribution in [1.29, 1.82) is 0 Å². The van der Waals surface area contributed by atoms with Crippen LogP contribution in [0.1, 0.15) is 24.0 Å². The van der Waals surface area contributed by atoms with Crippen molar-refractivity contribution < 1.29 is 54.3 Å². The highest BCUT2D eigenvalue weighted by atomic mass is 16.4. The summed E-state index contributed by atoms with van der Waals surface area (Å²) in [6.45, 7) is 0. The lowest BCUT2D eigenvalue weighted by atomic mass is 10.1. The molecule has 0 fully saturated rings. The monoisotopic (exact) mass is 673 g/mol. The van der Waals surface area contributed by atoms with Crippen LogP contribution in [0.3, 0.4) is 0 Å². The highest BCUT2D eigenvalue weighted by Gasteiger charge is 2.16. The number of aromatic nitrogens is 2. The third-order valence-electron chi connectivity index (χ3n) is 6.31. The van der Waals surface area contributed by atoms with Gasteiger partial charge in [0.2, 0.25) is 5.91 Å². The van der Waals surface area contributed by atoms with Crippen LogP contribution in [-0.4, -0.2) is 95.4 Å². The molecule has 2 aromatic heterocycles. The molecule has 4 aromatic rings. The molecule has 48 heavy (non-hydrogen) atoms. The number of hydrogen-bond donors (Lipinski definition) is 12. The average Bonchev–Trinajstić information content (AvgIpc) is 3.61. The summed E-state index contributed by atoms with van der Waals surface area (Å²) in [6.07, 6.45) is 3.48. The topological polar surface area (TPSA) is 365 Å². The summed E-state index contributed by atoms with van der Waals surface area (Å²) < 4.78 is 0. The van der Waals surface area contributed by atoms with Crippen molar-refractivity contribution in [2.75, 3.05) is 0 Å². The van der Waals surface area contributed by atoms with Crippen molar-refractivity contribution in [3.05, 3.63) is 72.1 Å². The molecule has 18 heteroatoms. The fourth-order valence-corrected chi connectivity index (χ4v) is 3.83. The maximum Gasteiger partial charge on any atom is 0.321 e. The molecule has 0 aliphatic rings. The second-order valence-corrected chi connectivity index (χ2v) is 10.2. The second kappa shape index (κ2) is 19.6. The number of benzene rings is 2. The van der Waals surface area contributed by atoms with E-state index in [-0.39, 0.29) is 6.42 Å². The lowest BCUT2D eigenvalue weighted by Gasteiger charge is -2.04. The van der Waals surface area contributed by atoms with Gasteiger partial charge in [-0.15, -0.1) is 0 Å². The Kier molecular flexibility index (Phi) is 16.5. The van der Waals surface area contributed by atoms with E-state index >= 15 is 0 Å². The molecule has 4 atom stereocenters. The highest BCUT2D eigenvalue weighted by molar-refractivity contribution is 5.85. The molecule has 18 nitrogen and oxygen atoms in total. The zero-order valence-electron chi connectivity index (χ0n) is 25.5. The molecule has 0 bridgehead atoms. The number of carboxylic acids is 5. The lowest BCUT2D eigenvalue weighted by Crippen LogP contribution is -2.34. The van der Waals surface area contributed by atoms with E-state index in [1.807, 2.05) is 60.9 Å². The molecule has 0 saturated heterocycles. The first-order valence-corrected chi connectivity index (χ1v) is 14.0. The van der Waals surface area contributed by atoms with Crippen molar-refractivity contribution in [3.8, 4) is 0 Å². The SMILES string of the molecule is NC(=O)C[C@H](N)C(=O)O.N[C@@H](CC(=O)O)C(=O)O.N[C@@H](Cc1c[nH]c2ccccc12)C(=O)O.N[C@@H](Cc1c[nH]c2ccccc12)C(=O)O. The first-order chi connectivity index (χ1) is 22.4. The van der Waals surface area contributed by atoms with Gasteiger partial charge in [-0.05, 0) is 23.3 Å². The third-order valence-corrected chi connectivity index (χ3v) is 6.31. The normalized spacial score (nSPS) is 12.8. The molecular formula is C30H39N7O11. The van der Waals surface area contributed by atoms with Gasteiger partial charge in [0, 0.05) is 47.0 Å². The Bertz CT molecular complexity index is 1580. The van der Waals surface area contributed by atoms with Gasteiger partial charge in [0.05, 0.1) is 12.8 Å². The maximum absolute atomic E-state index is 10.6. The van der Waals surface area contributed by atoms with Crippen LogP contribution in [0.5, 0.6) is 0 Å². The Balaban J connectivity index is 0.000000331. The quantitative estimate of drug-likeness (QED) is 0.0892. The summed E-state index contributed by atoms with van der Waals surface area (Å²) in [7, 11) is 0. The Morgan fingerprint density at radius 1 is 0.542 bits per heavy atom. The fraction of sp³-hybridized carbons (Fsp3) is 0.267. The van der Waals surface area contributed by atoms with Gasteiger partial charge in [0.25, 0.3) is 0 Å². The number of carbonyl (C=O) groups is 6. The Morgan fingerprint density at radius 3 is 1.15 bits per heavy atom. The minimum absolute atomic E-state index is 0.310. The molecule has 4 rings (SSSR count). The molecule has 0 radical (unpaired) electrons. The number of H-pyrrole nitrogens is 2. The molecule has 0 spiro atoms. The van der Waals surface area contributed by atoms with E-state index in [1.165, 1.54) is 0 Å². The van der Waals surface area contributed by atoms with Crippen LogP contribution >= 0.6 is 0 Å². The van der Waals surface area contributed by atoms with Gasteiger partial charge in [-0.1, -0.05) is 36.4 Å². The van der Waals surface area contributed by atoms with Gasteiger partial charge in [-0.25, -0.2) is 0 Å². The van der Waals surface area contributed by atoms with Gasteiger partial charge in [0.15, 0.2) is 0 Å². The van der Waals surface area contributed by atoms with Crippen molar-refractivity contribution in [2.24, 2.45) is 28.7 Å². The highest BCUT2D eigenvalue weighted by Crippen LogP contribution is 2.19. The predicted octanol–water partition coefficient (Wildman–Crippen LogP) is -0.609. The summed E-state index contributed by atoms with van der Waals surface area (Å²) in [4.78, 5) is 66.9. The smallest absolute Gasteiger partial charge is 0.321 e. The molecule has 0 saturated carbocycles. The number of fused-ring (bicyclic) bond motifs is 2. The minimum atomic E-state index is -1.29. The predicted molar refractivity (Wildman–Crippen MR) is 173 cm³/mol. The summed E-state index contributed by atoms with van der Waals surface area (Å²) in [6, 6.07) is 11.4. The van der Waals surface area contributed by atoms with Crippen LogP contribution in [0.4, 0.5) is 0 Å². The summed E-state index contributed by atoms with van der Waals surface area (Å²) in [5, 5.41) is 43.6. The molecule has 0 aliphatic carbocycles. The van der Waals surface area contributed by atoms with Crippen LogP contribution in [0, 0.1) is 0 Å². The number of carbonyl (C=O) groups excluding carboxylic acids is 1. The van der Waals surface area contributed by atoms with Crippen LogP contribution in [0.15, 0.2) is 60.9 Å².